The Morgan fingerprint density at radius 1 is 0.862 bits per heavy atom. The van der Waals surface area contributed by atoms with Crippen molar-refractivity contribution in [3.05, 3.63) is 29.8 Å². The molecule has 330 valence electrons. The molecule has 2 rings (SSSR count). The highest BCUT2D eigenvalue weighted by Crippen LogP contribution is 2.30. The molecule has 1 aromatic carbocycles. The highest BCUT2D eigenvalue weighted by atomic mass is 16.5. The Bertz CT molecular complexity index is 1460. The van der Waals surface area contributed by atoms with E-state index in [0.717, 1.165) is 18.4 Å². The minimum atomic E-state index is -0.772. The second kappa shape index (κ2) is 23.7. The Morgan fingerprint density at radius 3 is 1.98 bits per heavy atom. The number of ether oxygens (including phenoxy) is 2. The van der Waals surface area contributed by atoms with Gasteiger partial charge >= 0.3 is 0 Å². The molecule has 14 nitrogen and oxygen atoms in total. The van der Waals surface area contributed by atoms with Crippen LogP contribution in [0.25, 0.3) is 0 Å². The fourth-order valence-corrected chi connectivity index (χ4v) is 8.37. The first-order valence-corrected chi connectivity index (χ1v) is 21.2. The van der Waals surface area contributed by atoms with Crippen molar-refractivity contribution in [3.8, 4) is 0 Å². The molecule has 9 atom stereocenters. The number of nitrogens with two attached hydrogens (primary N) is 1. The SMILES string of the molecule is CC[C@H](C)[C@@H]([C@@H](CC(=O)N1CCCC1[C@H](OC)[C@@H](C)C(=O)NC(CC(C)C)C(=O)NCc1ccc(N)cc1)OC)N(C)C(=O)C(NC(=O)C(C(C)C)N(C)C)C(C)C. The van der Waals surface area contributed by atoms with Crippen molar-refractivity contribution >= 4 is 35.2 Å². The molecule has 5 N–H and O–H groups in total. The molecule has 0 saturated carbocycles. The lowest BCUT2D eigenvalue weighted by Crippen LogP contribution is -2.59. The van der Waals surface area contributed by atoms with Gasteiger partial charge in [-0.3, -0.25) is 28.9 Å². The predicted molar refractivity (Wildman–Crippen MR) is 229 cm³/mol. The maximum atomic E-state index is 14.3. The van der Waals surface area contributed by atoms with Crippen LogP contribution in [0.15, 0.2) is 24.3 Å². The molecule has 0 bridgehead atoms. The summed E-state index contributed by atoms with van der Waals surface area (Å²) < 4.78 is 12.0. The van der Waals surface area contributed by atoms with E-state index in [1.165, 1.54) is 0 Å². The first kappa shape index (κ1) is 50.4. The van der Waals surface area contributed by atoms with E-state index in [4.69, 9.17) is 15.2 Å². The first-order chi connectivity index (χ1) is 27.2. The second-order valence-corrected chi connectivity index (χ2v) is 17.6. The number of likely N-dealkylation sites (tertiary alicyclic amines) is 1. The molecule has 14 heteroatoms. The van der Waals surface area contributed by atoms with Crippen LogP contribution < -0.4 is 21.7 Å². The third-order valence-corrected chi connectivity index (χ3v) is 11.7. The van der Waals surface area contributed by atoms with Crippen molar-refractivity contribution in [2.45, 2.75) is 143 Å². The van der Waals surface area contributed by atoms with Crippen LogP contribution in [0.4, 0.5) is 5.69 Å². The van der Waals surface area contributed by atoms with Crippen molar-refractivity contribution in [2.24, 2.45) is 29.6 Å². The number of nitrogens with one attached hydrogen (secondary N) is 3. The minimum absolute atomic E-state index is 0.00996. The monoisotopic (exact) mass is 816 g/mol. The Kier molecular flexibility index (Phi) is 20.6. The van der Waals surface area contributed by atoms with Crippen molar-refractivity contribution in [2.75, 3.05) is 47.6 Å². The zero-order valence-electron chi connectivity index (χ0n) is 38.0. The van der Waals surface area contributed by atoms with E-state index in [2.05, 4.69) is 16.0 Å². The zero-order chi connectivity index (χ0) is 44.0. The predicted octanol–water partition coefficient (Wildman–Crippen LogP) is 4.06. The summed E-state index contributed by atoms with van der Waals surface area (Å²) in [7, 11) is 8.54. The summed E-state index contributed by atoms with van der Waals surface area (Å²) in [6, 6.07) is 4.47. The van der Waals surface area contributed by atoms with Gasteiger partial charge in [0.2, 0.25) is 29.5 Å². The van der Waals surface area contributed by atoms with Crippen LogP contribution >= 0.6 is 0 Å². The molecule has 1 fully saturated rings. The van der Waals surface area contributed by atoms with E-state index in [0.29, 0.717) is 31.6 Å². The van der Waals surface area contributed by atoms with Gasteiger partial charge in [0.05, 0.1) is 42.7 Å². The van der Waals surface area contributed by atoms with Gasteiger partial charge < -0.3 is 41.0 Å². The average molecular weight is 816 g/mol. The fraction of sp³-hybridized carbons (Fsp3) is 0.750. The Balaban J connectivity index is 2.26. The van der Waals surface area contributed by atoms with Gasteiger partial charge in [-0.1, -0.05) is 80.9 Å². The summed E-state index contributed by atoms with van der Waals surface area (Å²) in [5.41, 5.74) is 7.33. The van der Waals surface area contributed by atoms with Crippen molar-refractivity contribution in [1.29, 1.82) is 0 Å². The lowest BCUT2D eigenvalue weighted by atomic mass is 9.89. The zero-order valence-corrected chi connectivity index (χ0v) is 38.0. The molecule has 1 heterocycles. The highest BCUT2D eigenvalue weighted by Gasteiger charge is 2.43. The largest absolute Gasteiger partial charge is 0.399 e. The summed E-state index contributed by atoms with van der Waals surface area (Å²) in [6.07, 6.45) is 1.29. The number of carbonyl (C=O) groups excluding carboxylic acids is 5. The van der Waals surface area contributed by atoms with Crippen LogP contribution in [0.1, 0.15) is 100.0 Å². The molecule has 1 aliphatic heterocycles. The van der Waals surface area contributed by atoms with Gasteiger partial charge in [-0.05, 0) is 74.7 Å². The summed E-state index contributed by atoms with van der Waals surface area (Å²) >= 11 is 0. The van der Waals surface area contributed by atoms with Crippen molar-refractivity contribution < 1.29 is 33.4 Å². The summed E-state index contributed by atoms with van der Waals surface area (Å²) in [5.74, 6) is -1.93. The first-order valence-electron chi connectivity index (χ1n) is 21.2. The van der Waals surface area contributed by atoms with Gasteiger partial charge in [-0.2, -0.15) is 0 Å². The van der Waals surface area contributed by atoms with Gasteiger partial charge in [0.25, 0.3) is 0 Å². The molecule has 1 aliphatic rings. The molecule has 0 aromatic heterocycles. The summed E-state index contributed by atoms with van der Waals surface area (Å²) in [5, 5.41) is 8.96. The Morgan fingerprint density at radius 2 is 1.48 bits per heavy atom. The topological polar surface area (TPSA) is 176 Å². The fourth-order valence-electron chi connectivity index (χ4n) is 8.37. The van der Waals surface area contributed by atoms with E-state index in [-0.39, 0.29) is 65.7 Å². The number of hydrogen-bond acceptors (Lipinski definition) is 9. The molecule has 0 radical (unpaired) electrons. The molecule has 0 aliphatic carbocycles. The minimum Gasteiger partial charge on any atom is -0.399 e. The highest BCUT2D eigenvalue weighted by molar-refractivity contribution is 5.90. The molecule has 5 amide bonds. The molecule has 1 saturated heterocycles. The molecule has 1 aromatic rings. The van der Waals surface area contributed by atoms with E-state index in [1.807, 2.05) is 86.5 Å². The number of carbonyl (C=O) groups is 5. The number of benzene rings is 1. The van der Waals surface area contributed by atoms with Gasteiger partial charge in [-0.25, -0.2) is 0 Å². The van der Waals surface area contributed by atoms with Gasteiger partial charge in [0.15, 0.2) is 0 Å². The van der Waals surface area contributed by atoms with Gasteiger partial charge in [0.1, 0.15) is 12.1 Å². The number of rotatable bonds is 23. The van der Waals surface area contributed by atoms with E-state index in [1.54, 1.807) is 50.1 Å². The number of methoxy groups -OCH3 is 2. The molecule has 58 heavy (non-hydrogen) atoms. The molecule has 4 unspecified atom stereocenters. The van der Waals surface area contributed by atoms with Gasteiger partial charge in [-0.15, -0.1) is 0 Å². The van der Waals surface area contributed by atoms with Crippen molar-refractivity contribution in [1.82, 2.24) is 30.7 Å². The smallest absolute Gasteiger partial charge is 0.245 e. The van der Waals surface area contributed by atoms with Crippen LogP contribution in [0, 0.1) is 29.6 Å². The van der Waals surface area contributed by atoms with Crippen molar-refractivity contribution in [3.63, 3.8) is 0 Å². The maximum Gasteiger partial charge on any atom is 0.245 e. The van der Waals surface area contributed by atoms with Crippen LogP contribution in [-0.2, 0) is 40.0 Å². The third-order valence-electron chi connectivity index (χ3n) is 11.7. The van der Waals surface area contributed by atoms with Crippen LogP contribution in [0.5, 0.6) is 0 Å². The Hall–Kier alpha value is -3.75. The van der Waals surface area contributed by atoms with Crippen LogP contribution in [-0.4, -0.2) is 129 Å². The third kappa shape index (κ3) is 13.9. The standard InChI is InChI=1S/C44H77N7O7/c1-15-29(8)39(50(12)44(56)37(27(4)5)48-43(55)38(28(6)7)49(10)11)35(57-13)24-36(52)51-22-16-17-34(51)40(58-14)30(9)41(53)47-33(23-26(2)3)42(54)46-25-31-18-20-32(45)21-19-31/h18-21,26-30,33-35,37-40H,15-17,22-25,45H2,1-14H3,(H,46,54)(H,47,53)(H,48,55)/t29-,30+,33?,34?,35+,37?,38?,39-,40+/m0/s1. The van der Waals surface area contributed by atoms with Crippen LogP contribution in [0.2, 0.25) is 0 Å². The van der Waals surface area contributed by atoms with Crippen LogP contribution in [0.3, 0.4) is 0 Å². The van der Waals surface area contributed by atoms with Gasteiger partial charge in [0, 0.05) is 40.0 Å². The van der Waals surface area contributed by atoms with E-state index >= 15 is 0 Å². The summed E-state index contributed by atoms with van der Waals surface area (Å²) in [4.78, 5) is 74.6. The number of likely N-dealkylation sites (N-methyl/N-ethyl adjacent to an activating group) is 2. The average Bonchev–Trinajstić information content (AvgIpc) is 3.64. The van der Waals surface area contributed by atoms with E-state index < -0.39 is 42.3 Å². The Labute approximate surface area is 349 Å². The number of hydrogen-bond donors (Lipinski definition) is 4. The number of anilines is 1. The maximum absolute atomic E-state index is 14.3. The van der Waals surface area contributed by atoms with E-state index in [9.17, 15) is 24.0 Å². The summed E-state index contributed by atoms with van der Waals surface area (Å²) in [6.45, 7) is 18.4. The quantitative estimate of drug-likeness (QED) is 0.119. The molecular weight excluding hydrogens is 739 g/mol. The molecule has 0 spiro atoms. The number of amides is 5. The number of nitrogen functional groups attached to an aromatic ring is 1. The molecular formula is C44H77N7O7. The lowest BCUT2D eigenvalue weighted by Gasteiger charge is -2.41. The number of nitrogens with zero attached hydrogens (tertiary/aromatic N) is 3. The second-order valence-electron chi connectivity index (χ2n) is 17.6. The lowest BCUT2D eigenvalue weighted by molar-refractivity contribution is -0.148. The normalized spacial score (nSPS) is 18.7.